The fourth-order valence-corrected chi connectivity index (χ4v) is 1.52. The van der Waals surface area contributed by atoms with Crippen LogP contribution in [0.5, 0.6) is 0 Å². The fraction of sp³-hybridized carbons (Fsp3) is 0.556. The summed E-state index contributed by atoms with van der Waals surface area (Å²) in [4.78, 5) is 22.8. The predicted octanol–water partition coefficient (Wildman–Crippen LogP) is 0.396. The Kier molecular flexibility index (Phi) is 3.31. The maximum absolute atomic E-state index is 11.0. The summed E-state index contributed by atoms with van der Waals surface area (Å²) in [6, 6.07) is 0. The van der Waals surface area contributed by atoms with Gasteiger partial charge in [0.2, 0.25) is 0 Å². The zero-order chi connectivity index (χ0) is 11.5. The zero-order valence-electron chi connectivity index (χ0n) is 8.18. The number of carboxylic acid groups (broad SMARTS) is 2. The number of carbonyl (C=O) groups is 2. The van der Waals surface area contributed by atoms with Crippen LogP contribution in [0, 0.1) is 0 Å². The maximum atomic E-state index is 11.0. The summed E-state index contributed by atoms with van der Waals surface area (Å²) in [6.07, 6.45) is 0.374. The first-order chi connectivity index (χ1) is 7.02. The van der Waals surface area contributed by atoms with Gasteiger partial charge in [0, 0.05) is 13.0 Å². The van der Waals surface area contributed by atoms with Crippen LogP contribution in [0.25, 0.3) is 0 Å². The van der Waals surface area contributed by atoms with E-state index in [1.165, 1.54) is 6.08 Å². The van der Waals surface area contributed by atoms with Crippen LogP contribution in [0.4, 0.5) is 4.79 Å². The van der Waals surface area contributed by atoms with Crippen molar-refractivity contribution in [1.29, 1.82) is 0 Å². The fourth-order valence-electron chi connectivity index (χ4n) is 1.52. The molecule has 1 fully saturated rings. The molecule has 0 bridgehead atoms. The highest BCUT2D eigenvalue weighted by molar-refractivity contribution is 5.79. The number of hydrogen-bond acceptors (Lipinski definition) is 3. The number of rotatable bonds is 3. The number of hydrogen-bond donors (Lipinski definition) is 2. The van der Waals surface area contributed by atoms with Crippen molar-refractivity contribution in [3.8, 4) is 0 Å². The van der Waals surface area contributed by atoms with Gasteiger partial charge in [-0.3, -0.25) is 0 Å². The van der Waals surface area contributed by atoms with Crippen molar-refractivity contribution in [2.24, 2.45) is 0 Å². The molecule has 6 nitrogen and oxygen atoms in total. The average Bonchev–Trinajstić information content (AvgIpc) is 2.18. The second kappa shape index (κ2) is 4.31. The molecule has 6 heteroatoms. The predicted molar refractivity (Wildman–Crippen MR) is 50.7 cm³/mol. The van der Waals surface area contributed by atoms with Crippen molar-refractivity contribution >= 4 is 12.1 Å². The molecule has 0 aromatic rings. The summed E-state index contributed by atoms with van der Waals surface area (Å²) in [5.41, 5.74) is -1.47. The second-order valence-electron chi connectivity index (χ2n) is 3.34. The van der Waals surface area contributed by atoms with Crippen LogP contribution in [0.2, 0.25) is 0 Å². The van der Waals surface area contributed by atoms with E-state index in [1.807, 2.05) is 0 Å². The monoisotopic (exact) mass is 215 g/mol. The standard InChI is InChI=1S/C9H13NO5/c1-2-3-9(7(11)12)6-10(8(13)14)4-5-15-9/h2H,1,3-6H2,(H,11,12)(H,13,14). The molecule has 1 amide bonds. The lowest BCUT2D eigenvalue weighted by atomic mass is 9.97. The number of carboxylic acids is 1. The van der Waals surface area contributed by atoms with Gasteiger partial charge in [0.25, 0.3) is 0 Å². The summed E-state index contributed by atoms with van der Waals surface area (Å²) >= 11 is 0. The Hall–Kier alpha value is -1.56. The van der Waals surface area contributed by atoms with E-state index in [0.29, 0.717) is 0 Å². The van der Waals surface area contributed by atoms with E-state index >= 15 is 0 Å². The molecule has 1 atom stereocenters. The first-order valence-corrected chi connectivity index (χ1v) is 4.48. The molecule has 1 heterocycles. The van der Waals surface area contributed by atoms with Gasteiger partial charge in [0.05, 0.1) is 13.2 Å². The van der Waals surface area contributed by atoms with Crippen LogP contribution in [0.3, 0.4) is 0 Å². The number of aliphatic carboxylic acids is 1. The third kappa shape index (κ3) is 2.27. The van der Waals surface area contributed by atoms with Crippen molar-refractivity contribution < 1.29 is 24.5 Å². The van der Waals surface area contributed by atoms with Crippen molar-refractivity contribution in [3.05, 3.63) is 12.7 Å². The van der Waals surface area contributed by atoms with Crippen LogP contribution < -0.4 is 0 Å². The Morgan fingerprint density at radius 3 is 2.67 bits per heavy atom. The lowest BCUT2D eigenvalue weighted by molar-refractivity contribution is -0.175. The van der Waals surface area contributed by atoms with E-state index < -0.39 is 17.7 Å². The van der Waals surface area contributed by atoms with Crippen molar-refractivity contribution in [2.75, 3.05) is 19.7 Å². The van der Waals surface area contributed by atoms with Crippen LogP contribution >= 0.6 is 0 Å². The highest BCUT2D eigenvalue weighted by Gasteiger charge is 2.44. The van der Waals surface area contributed by atoms with Gasteiger partial charge < -0.3 is 19.8 Å². The molecule has 84 valence electrons. The lowest BCUT2D eigenvalue weighted by Crippen LogP contribution is -2.57. The van der Waals surface area contributed by atoms with Crippen molar-refractivity contribution in [1.82, 2.24) is 4.90 Å². The molecular formula is C9H13NO5. The van der Waals surface area contributed by atoms with Crippen LogP contribution in [-0.4, -0.2) is 52.5 Å². The largest absolute Gasteiger partial charge is 0.479 e. The molecule has 1 aliphatic heterocycles. The third-order valence-electron chi connectivity index (χ3n) is 2.32. The molecule has 1 saturated heterocycles. The Labute approximate surface area is 86.7 Å². The topological polar surface area (TPSA) is 87.1 Å². The Balaban J connectivity index is 2.84. The highest BCUT2D eigenvalue weighted by atomic mass is 16.5. The maximum Gasteiger partial charge on any atom is 0.407 e. The molecule has 0 aliphatic carbocycles. The van der Waals surface area contributed by atoms with E-state index in [0.717, 1.165) is 4.90 Å². The minimum absolute atomic E-state index is 0.0894. The molecule has 0 spiro atoms. The summed E-state index contributed by atoms with van der Waals surface area (Å²) in [7, 11) is 0. The number of morpholine rings is 1. The first-order valence-electron chi connectivity index (χ1n) is 4.48. The number of ether oxygens (including phenoxy) is 1. The summed E-state index contributed by atoms with van der Waals surface area (Å²) < 4.78 is 5.17. The molecule has 1 unspecified atom stereocenters. The second-order valence-corrected chi connectivity index (χ2v) is 3.34. The molecule has 0 aromatic carbocycles. The molecule has 1 rings (SSSR count). The minimum atomic E-state index is -1.47. The van der Waals surface area contributed by atoms with E-state index in [2.05, 4.69) is 6.58 Å². The van der Waals surface area contributed by atoms with Gasteiger partial charge in [-0.25, -0.2) is 9.59 Å². The molecule has 0 aromatic heterocycles. The Bertz CT molecular complexity index is 290. The summed E-state index contributed by atoms with van der Waals surface area (Å²) in [5, 5.41) is 17.8. The quantitative estimate of drug-likeness (QED) is 0.665. The average molecular weight is 215 g/mol. The molecule has 0 radical (unpaired) electrons. The van der Waals surface area contributed by atoms with Gasteiger partial charge >= 0.3 is 12.1 Å². The summed E-state index contributed by atoms with van der Waals surface area (Å²) in [6.45, 7) is 3.57. The minimum Gasteiger partial charge on any atom is -0.479 e. The van der Waals surface area contributed by atoms with Gasteiger partial charge in [0.1, 0.15) is 0 Å². The van der Waals surface area contributed by atoms with E-state index in [1.54, 1.807) is 0 Å². The van der Waals surface area contributed by atoms with Gasteiger partial charge in [-0.05, 0) is 0 Å². The van der Waals surface area contributed by atoms with Gasteiger partial charge in [-0.2, -0.15) is 0 Å². The summed E-state index contributed by atoms with van der Waals surface area (Å²) in [5.74, 6) is -1.16. The number of nitrogens with zero attached hydrogens (tertiary/aromatic N) is 1. The molecule has 15 heavy (non-hydrogen) atoms. The molecule has 1 aliphatic rings. The van der Waals surface area contributed by atoms with E-state index in [4.69, 9.17) is 14.9 Å². The SMILES string of the molecule is C=CCC1(C(=O)O)CN(C(=O)O)CCO1. The van der Waals surface area contributed by atoms with Gasteiger partial charge in [-0.1, -0.05) is 6.08 Å². The normalized spacial score (nSPS) is 26.0. The first kappa shape index (κ1) is 11.5. The number of amides is 1. The van der Waals surface area contributed by atoms with Crippen LogP contribution in [-0.2, 0) is 9.53 Å². The van der Waals surface area contributed by atoms with Crippen molar-refractivity contribution in [2.45, 2.75) is 12.0 Å². The lowest BCUT2D eigenvalue weighted by Gasteiger charge is -2.37. The third-order valence-corrected chi connectivity index (χ3v) is 2.32. The van der Waals surface area contributed by atoms with E-state index in [-0.39, 0.29) is 26.1 Å². The van der Waals surface area contributed by atoms with Crippen molar-refractivity contribution in [3.63, 3.8) is 0 Å². The van der Waals surface area contributed by atoms with Gasteiger partial charge in [-0.15, -0.1) is 6.58 Å². The molecular weight excluding hydrogens is 202 g/mol. The smallest absolute Gasteiger partial charge is 0.407 e. The van der Waals surface area contributed by atoms with Gasteiger partial charge in [0.15, 0.2) is 5.60 Å². The zero-order valence-corrected chi connectivity index (χ0v) is 8.18. The highest BCUT2D eigenvalue weighted by Crippen LogP contribution is 2.23. The Morgan fingerprint density at radius 2 is 2.20 bits per heavy atom. The molecule has 2 N–H and O–H groups in total. The van der Waals surface area contributed by atoms with E-state index in [9.17, 15) is 9.59 Å². The Morgan fingerprint density at radius 1 is 1.53 bits per heavy atom. The molecule has 0 saturated carbocycles. The van der Waals surface area contributed by atoms with Crippen LogP contribution in [0.15, 0.2) is 12.7 Å². The van der Waals surface area contributed by atoms with Crippen LogP contribution in [0.1, 0.15) is 6.42 Å².